The van der Waals surface area contributed by atoms with E-state index in [4.69, 9.17) is 16.1 Å². The second-order valence-electron chi connectivity index (χ2n) is 8.01. The standard InChI is InChI=1S/C23H21ClN4O3/c24-18-9-5-4-8-16(18)13-28-22(29)17-11-10-15(12-19(17)25-23(28)30)21-26-20(27-31-21)14-6-2-1-3-7-14/h1-9,15,17,19H,10-13H2,(H,25,30). The predicted octanol–water partition coefficient (Wildman–Crippen LogP) is 4.39. The smallest absolute Gasteiger partial charge is 0.324 e. The maximum atomic E-state index is 13.1. The molecule has 31 heavy (non-hydrogen) atoms. The van der Waals surface area contributed by atoms with E-state index in [1.165, 1.54) is 4.90 Å². The molecule has 3 aromatic rings. The van der Waals surface area contributed by atoms with Gasteiger partial charge >= 0.3 is 6.03 Å². The first-order chi connectivity index (χ1) is 15.1. The highest BCUT2D eigenvalue weighted by Gasteiger charge is 2.45. The van der Waals surface area contributed by atoms with Gasteiger partial charge in [0.1, 0.15) is 0 Å². The molecule has 0 spiro atoms. The fraction of sp³-hybridized carbons (Fsp3) is 0.304. The molecule has 2 heterocycles. The van der Waals surface area contributed by atoms with Crippen LogP contribution >= 0.6 is 11.6 Å². The van der Waals surface area contributed by atoms with E-state index in [1.54, 1.807) is 6.07 Å². The Kier molecular flexibility index (Phi) is 5.19. The van der Waals surface area contributed by atoms with E-state index in [0.29, 0.717) is 29.6 Å². The Morgan fingerprint density at radius 1 is 1.06 bits per heavy atom. The van der Waals surface area contributed by atoms with E-state index in [-0.39, 0.29) is 36.4 Å². The molecule has 8 heteroatoms. The summed E-state index contributed by atoms with van der Waals surface area (Å²) in [4.78, 5) is 31.6. The van der Waals surface area contributed by atoms with Gasteiger partial charge in [0.25, 0.3) is 0 Å². The number of hydrogen-bond acceptors (Lipinski definition) is 5. The zero-order chi connectivity index (χ0) is 21.4. The van der Waals surface area contributed by atoms with Gasteiger partial charge in [0.05, 0.1) is 12.5 Å². The second-order valence-corrected chi connectivity index (χ2v) is 8.42. The van der Waals surface area contributed by atoms with E-state index in [1.807, 2.05) is 48.5 Å². The molecular formula is C23H21ClN4O3. The van der Waals surface area contributed by atoms with Crippen LogP contribution in [0.4, 0.5) is 4.79 Å². The van der Waals surface area contributed by atoms with Crippen LogP contribution in [0.2, 0.25) is 5.02 Å². The lowest BCUT2D eigenvalue weighted by atomic mass is 9.76. The molecule has 3 atom stereocenters. The van der Waals surface area contributed by atoms with Gasteiger partial charge in [0, 0.05) is 22.5 Å². The maximum Gasteiger partial charge on any atom is 0.324 e. The number of hydrogen-bond donors (Lipinski definition) is 1. The minimum atomic E-state index is -0.387. The Bertz CT molecular complexity index is 1120. The second kappa shape index (κ2) is 8.15. The van der Waals surface area contributed by atoms with E-state index < -0.39 is 0 Å². The summed E-state index contributed by atoms with van der Waals surface area (Å²) in [5.41, 5.74) is 1.64. The summed E-state index contributed by atoms with van der Waals surface area (Å²) in [6.45, 7) is 0.168. The zero-order valence-electron chi connectivity index (χ0n) is 16.7. The normalized spacial score (nSPS) is 23.4. The molecule has 2 aromatic carbocycles. The third-order valence-corrected chi connectivity index (χ3v) is 6.47. The van der Waals surface area contributed by atoms with Crippen LogP contribution in [0.5, 0.6) is 0 Å². The molecule has 2 fully saturated rings. The van der Waals surface area contributed by atoms with Gasteiger partial charge in [-0.25, -0.2) is 4.79 Å². The lowest BCUT2D eigenvalue weighted by Crippen LogP contribution is -2.60. The average molecular weight is 437 g/mol. The molecule has 3 unspecified atom stereocenters. The minimum Gasteiger partial charge on any atom is -0.339 e. The van der Waals surface area contributed by atoms with Crippen LogP contribution in [0.3, 0.4) is 0 Å². The summed E-state index contributed by atoms with van der Waals surface area (Å²) < 4.78 is 5.52. The Balaban J connectivity index is 1.29. The molecule has 1 aliphatic heterocycles. The maximum absolute atomic E-state index is 13.1. The molecule has 7 nitrogen and oxygen atoms in total. The molecule has 1 saturated heterocycles. The van der Waals surface area contributed by atoms with Gasteiger partial charge in [-0.15, -0.1) is 0 Å². The predicted molar refractivity (Wildman–Crippen MR) is 114 cm³/mol. The summed E-state index contributed by atoms with van der Waals surface area (Å²) in [7, 11) is 0. The summed E-state index contributed by atoms with van der Waals surface area (Å²) in [5, 5.41) is 7.65. The number of nitrogens with one attached hydrogen (secondary N) is 1. The molecule has 1 N–H and O–H groups in total. The largest absolute Gasteiger partial charge is 0.339 e. The molecular weight excluding hydrogens is 416 g/mol. The monoisotopic (exact) mass is 436 g/mol. The number of rotatable bonds is 4. The van der Waals surface area contributed by atoms with Gasteiger partial charge < -0.3 is 9.84 Å². The van der Waals surface area contributed by atoms with Crippen molar-refractivity contribution in [2.75, 3.05) is 0 Å². The third kappa shape index (κ3) is 3.81. The van der Waals surface area contributed by atoms with Crippen LogP contribution < -0.4 is 5.32 Å². The number of halogens is 1. The lowest BCUT2D eigenvalue weighted by Gasteiger charge is -2.41. The Morgan fingerprint density at radius 2 is 1.84 bits per heavy atom. The Hall–Kier alpha value is -3.19. The highest BCUT2D eigenvalue weighted by molar-refractivity contribution is 6.31. The first-order valence-electron chi connectivity index (χ1n) is 10.3. The molecule has 158 valence electrons. The lowest BCUT2D eigenvalue weighted by molar-refractivity contribution is -0.137. The summed E-state index contributed by atoms with van der Waals surface area (Å²) in [6, 6.07) is 16.3. The van der Waals surface area contributed by atoms with Crippen LogP contribution in [0.25, 0.3) is 11.4 Å². The quantitative estimate of drug-likeness (QED) is 0.655. The van der Waals surface area contributed by atoms with E-state index in [0.717, 1.165) is 17.5 Å². The fourth-order valence-electron chi connectivity index (χ4n) is 4.44. The molecule has 2 aliphatic rings. The average Bonchev–Trinajstić information content (AvgIpc) is 3.28. The Morgan fingerprint density at radius 3 is 2.65 bits per heavy atom. The number of imide groups is 1. The van der Waals surface area contributed by atoms with Crippen molar-refractivity contribution in [2.45, 2.75) is 37.8 Å². The van der Waals surface area contributed by atoms with Gasteiger partial charge in [0.2, 0.25) is 17.6 Å². The molecule has 1 aliphatic carbocycles. The van der Waals surface area contributed by atoms with Crippen molar-refractivity contribution in [2.24, 2.45) is 5.92 Å². The van der Waals surface area contributed by atoms with E-state index >= 15 is 0 Å². The molecule has 0 bridgehead atoms. The van der Waals surface area contributed by atoms with E-state index in [9.17, 15) is 9.59 Å². The summed E-state index contributed by atoms with van der Waals surface area (Å²) in [5.74, 6) is 0.704. The number of aromatic nitrogens is 2. The number of carbonyl (C=O) groups excluding carboxylic acids is 2. The number of urea groups is 1. The van der Waals surface area contributed by atoms with Crippen LogP contribution in [0, 0.1) is 5.92 Å². The van der Waals surface area contributed by atoms with Crippen LogP contribution in [-0.4, -0.2) is 33.0 Å². The van der Waals surface area contributed by atoms with Crippen molar-refractivity contribution >= 4 is 23.5 Å². The fourth-order valence-corrected chi connectivity index (χ4v) is 4.63. The molecule has 0 radical (unpaired) electrons. The highest BCUT2D eigenvalue weighted by atomic mass is 35.5. The van der Waals surface area contributed by atoms with E-state index in [2.05, 4.69) is 15.5 Å². The first kappa shape index (κ1) is 19.8. The van der Waals surface area contributed by atoms with Crippen molar-refractivity contribution in [1.29, 1.82) is 0 Å². The van der Waals surface area contributed by atoms with Crippen molar-refractivity contribution in [3.8, 4) is 11.4 Å². The Labute approximate surface area is 184 Å². The molecule has 3 amide bonds. The molecule has 1 aromatic heterocycles. The number of carbonyl (C=O) groups is 2. The number of nitrogens with zero attached hydrogens (tertiary/aromatic N) is 3. The minimum absolute atomic E-state index is 0.00873. The van der Waals surface area contributed by atoms with Crippen molar-refractivity contribution in [3.63, 3.8) is 0 Å². The van der Waals surface area contributed by atoms with Gasteiger partial charge in [0.15, 0.2) is 0 Å². The van der Waals surface area contributed by atoms with Crippen molar-refractivity contribution in [1.82, 2.24) is 20.4 Å². The summed E-state index contributed by atoms with van der Waals surface area (Å²) >= 11 is 6.22. The molecule has 5 rings (SSSR count). The van der Waals surface area contributed by atoms with Gasteiger partial charge in [-0.3, -0.25) is 9.69 Å². The number of fused-ring (bicyclic) bond motifs is 1. The van der Waals surface area contributed by atoms with Gasteiger partial charge in [-0.2, -0.15) is 4.98 Å². The van der Waals surface area contributed by atoms with Crippen LogP contribution in [0.1, 0.15) is 36.6 Å². The zero-order valence-corrected chi connectivity index (χ0v) is 17.5. The number of benzene rings is 2. The van der Waals surface area contributed by atoms with Gasteiger partial charge in [-0.1, -0.05) is 65.3 Å². The van der Waals surface area contributed by atoms with Crippen molar-refractivity contribution in [3.05, 3.63) is 71.1 Å². The first-order valence-corrected chi connectivity index (χ1v) is 10.7. The summed E-state index contributed by atoms with van der Waals surface area (Å²) in [6.07, 6.45) is 1.99. The topological polar surface area (TPSA) is 88.3 Å². The highest BCUT2D eigenvalue weighted by Crippen LogP contribution is 2.38. The molecule has 1 saturated carbocycles. The number of amides is 3. The van der Waals surface area contributed by atoms with Crippen molar-refractivity contribution < 1.29 is 14.1 Å². The van der Waals surface area contributed by atoms with Crippen LogP contribution in [0.15, 0.2) is 59.1 Å². The van der Waals surface area contributed by atoms with Gasteiger partial charge in [-0.05, 0) is 30.9 Å². The van der Waals surface area contributed by atoms with Crippen LogP contribution in [-0.2, 0) is 11.3 Å². The SMILES string of the molecule is O=C1NC2CC(c3nc(-c4ccccc4)no3)CCC2C(=O)N1Cc1ccccc1Cl. The third-order valence-electron chi connectivity index (χ3n) is 6.10.